The van der Waals surface area contributed by atoms with Gasteiger partial charge in [-0.05, 0) is 32.1 Å². The van der Waals surface area contributed by atoms with Crippen LogP contribution in [0.4, 0.5) is 13.2 Å². The molecule has 2 fully saturated rings. The zero-order valence-electron chi connectivity index (χ0n) is 11.9. The number of rotatable bonds is 2. The van der Waals surface area contributed by atoms with E-state index in [-0.39, 0.29) is 30.8 Å². The van der Waals surface area contributed by atoms with Crippen LogP contribution in [0.3, 0.4) is 0 Å². The molecule has 1 heterocycles. The van der Waals surface area contributed by atoms with Gasteiger partial charge in [-0.3, -0.25) is 4.79 Å². The van der Waals surface area contributed by atoms with Gasteiger partial charge < -0.3 is 10.2 Å². The number of alkyl halides is 3. The first kappa shape index (κ1) is 15.6. The lowest BCUT2D eigenvalue weighted by Gasteiger charge is -2.37. The van der Waals surface area contributed by atoms with Gasteiger partial charge in [0, 0.05) is 32.1 Å². The Morgan fingerprint density at radius 1 is 1.10 bits per heavy atom. The molecule has 2 rings (SSSR count). The molecule has 1 N–H and O–H groups in total. The molecule has 1 amide bonds. The topological polar surface area (TPSA) is 32.3 Å². The zero-order chi connectivity index (χ0) is 14.8. The maximum absolute atomic E-state index is 12.8. The van der Waals surface area contributed by atoms with Gasteiger partial charge in [0.15, 0.2) is 0 Å². The van der Waals surface area contributed by atoms with E-state index < -0.39 is 12.1 Å². The average Bonchev–Trinajstić information content (AvgIpc) is 2.38. The van der Waals surface area contributed by atoms with Crippen molar-refractivity contribution < 1.29 is 18.0 Å². The summed E-state index contributed by atoms with van der Waals surface area (Å²) in [6.45, 7) is 2.98. The number of carbonyl (C=O) groups is 1. The van der Waals surface area contributed by atoms with Crippen molar-refractivity contribution in [3.63, 3.8) is 0 Å². The molecule has 0 radical (unpaired) electrons. The fourth-order valence-electron chi connectivity index (χ4n) is 3.33. The summed E-state index contributed by atoms with van der Waals surface area (Å²) in [5.74, 6) is -1.07. The molecule has 116 valence electrons. The summed E-state index contributed by atoms with van der Waals surface area (Å²) >= 11 is 0. The van der Waals surface area contributed by atoms with Crippen LogP contribution in [0.25, 0.3) is 0 Å². The zero-order valence-corrected chi connectivity index (χ0v) is 11.9. The van der Waals surface area contributed by atoms with E-state index in [1.54, 1.807) is 11.8 Å². The number of nitrogens with one attached hydrogen (secondary N) is 1. The Kier molecular flexibility index (Phi) is 4.94. The molecular weight excluding hydrogens is 269 g/mol. The summed E-state index contributed by atoms with van der Waals surface area (Å²) in [5.41, 5.74) is 0. The SMILES string of the molecule is CC(=O)N1CCC(NC2CCCC(C(F)(F)F)C2)CC1. The Morgan fingerprint density at radius 3 is 2.30 bits per heavy atom. The highest BCUT2D eigenvalue weighted by Crippen LogP contribution is 2.37. The molecule has 1 aliphatic heterocycles. The molecule has 2 atom stereocenters. The van der Waals surface area contributed by atoms with Crippen LogP contribution in [-0.2, 0) is 4.79 Å². The molecule has 0 bridgehead atoms. The normalized spacial score (nSPS) is 29.5. The van der Waals surface area contributed by atoms with E-state index in [1.807, 2.05) is 0 Å². The Bertz CT molecular complexity index is 338. The minimum Gasteiger partial charge on any atom is -0.343 e. The highest BCUT2D eigenvalue weighted by atomic mass is 19.4. The number of piperidine rings is 1. The van der Waals surface area contributed by atoms with Gasteiger partial charge in [-0.2, -0.15) is 13.2 Å². The van der Waals surface area contributed by atoms with Crippen molar-refractivity contribution in [2.75, 3.05) is 13.1 Å². The molecule has 1 saturated heterocycles. The van der Waals surface area contributed by atoms with Crippen LogP contribution < -0.4 is 5.32 Å². The van der Waals surface area contributed by atoms with E-state index in [0.29, 0.717) is 19.5 Å². The van der Waals surface area contributed by atoms with E-state index >= 15 is 0 Å². The van der Waals surface area contributed by atoms with E-state index in [9.17, 15) is 18.0 Å². The second-order valence-electron chi connectivity index (χ2n) is 6.05. The summed E-state index contributed by atoms with van der Waals surface area (Å²) in [6, 6.07) is 0.229. The number of halogens is 3. The summed E-state index contributed by atoms with van der Waals surface area (Å²) in [4.78, 5) is 13.0. The van der Waals surface area contributed by atoms with Gasteiger partial charge in [0.2, 0.25) is 5.91 Å². The van der Waals surface area contributed by atoms with Crippen molar-refractivity contribution in [3.8, 4) is 0 Å². The molecule has 0 aromatic heterocycles. The highest BCUT2D eigenvalue weighted by Gasteiger charge is 2.42. The van der Waals surface area contributed by atoms with Crippen LogP contribution in [0, 0.1) is 5.92 Å². The first-order valence-electron chi connectivity index (χ1n) is 7.44. The molecule has 2 unspecified atom stereocenters. The maximum Gasteiger partial charge on any atom is 0.391 e. The number of amides is 1. The fraction of sp³-hybridized carbons (Fsp3) is 0.929. The van der Waals surface area contributed by atoms with E-state index in [0.717, 1.165) is 19.3 Å². The second-order valence-corrected chi connectivity index (χ2v) is 6.05. The number of hydrogen-bond acceptors (Lipinski definition) is 2. The van der Waals surface area contributed by atoms with Gasteiger partial charge in [0.1, 0.15) is 0 Å². The molecule has 1 saturated carbocycles. The summed E-state index contributed by atoms with van der Waals surface area (Å²) in [6.07, 6.45) is -0.424. The number of nitrogens with zero attached hydrogens (tertiary/aromatic N) is 1. The minimum atomic E-state index is -4.06. The van der Waals surface area contributed by atoms with Crippen LogP contribution in [0.15, 0.2) is 0 Å². The quantitative estimate of drug-likeness (QED) is 0.848. The molecule has 6 heteroatoms. The Hall–Kier alpha value is -0.780. The van der Waals surface area contributed by atoms with Gasteiger partial charge in [0.05, 0.1) is 5.92 Å². The third-order valence-corrected chi connectivity index (χ3v) is 4.55. The lowest BCUT2D eigenvalue weighted by atomic mass is 9.84. The molecule has 0 aromatic carbocycles. The van der Waals surface area contributed by atoms with Crippen LogP contribution in [-0.4, -0.2) is 42.2 Å². The van der Waals surface area contributed by atoms with Gasteiger partial charge in [-0.25, -0.2) is 0 Å². The lowest BCUT2D eigenvalue weighted by molar-refractivity contribution is -0.184. The van der Waals surface area contributed by atoms with Gasteiger partial charge in [-0.15, -0.1) is 0 Å². The standard InChI is InChI=1S/C14H23F3N2O/c1-10(20)19-7-5-12(6-8-19)18-13-4-2-3-11(9-13)14(15,16)17/h11-13,18H,2-9H2,1H3. The molecule has 1 aliphatic carbocycles. The Balaban J connectivity index is 1.78. The first-order valence-corrected chi connectivity index (χ1v) is 7.44. The smallest absolute Gasteiger partial charge is 0.343 e. The minimum absolute atomic E-state index is 0.0238. The molecule has 0 aromatic rings. The van der Waals surface area contributed by atoms with Crippen LogP contribution >= 0.6 is 0 Å². The monoisotopic (exact) mass is 292 g/mol. The molecule has 2 aliphatic rings. The predicted octanol–water partition coefficient (Wildman–Crippen LogP) is 2.71. The van der Waals surface area contributed by atoms with Crippen molar-refractivity contribution in [1.82, 2.24) is 10.2 Å². The summed E-state index contributed by atoms with van der Waals surface area (Å²) in [7, 11) is 0. The van der Waals surface area contributed by atoms with Crippen molar-refractivity contribution in [1.29, 1.82) is 0 Å². The van der Waals surface area contributed by atoms with Gasteiger partial charge >= 0.3 is 6.18 Å². The van der Waals surface area contributed by atoms with E-state index in [1.165, 1.54) is 0 Å². The number of hydrogen-bond donors (Lipinski definition) is 1. The van der Waals surface area contributed by atoms with Crippen LogP contribution in [0.5, 0.6) is 0 Å². The average molecular weight is 292 g/mol. The fourth-order valence-corrected chi connectivity index (χ4v) is 3.33. The highest BCUT2D eigenvalue weighted by molar-refractivity contribution is 5.73. The Morgan fingerprint density at radius 2 is 1.75 bits per heavy atom. The van der Waals surface area contributed by atoms with Gasteiger partial charge in [-0.1, -0.05) is 6.42 Å². The van der Waals surface area contributed by atoms with Crippen molar-refractivity contribution in [3.05, 3.63) is 0 Å². The summed E-state index contributed by atoms with van der Waals surface area (Å²) < 4.78 is 38.3. The third-order valence-electron chi connectivity index (χ3n) is 4.55. The molecule has 20 heavy (non-hydrogen) atoms. The largest absolute Gasteiger partial charge is 0.391 e. The lowest BCUT2D eigenvalue weighted by Crippen LogP contribution is -2.49. The van der Waals surface area contributed by atoms with Crippen molar-refractivity contribution in [2.24, 2.45) is 5.92 Å². The van der Waals surface area contributed by atoms with Crippen LogP contribution in [0.1, 0.15) is 45.4 Å². The molecule has 3 nitrogen and oxygen atoms in total. The van der Waals surface area contributed by atoms with Gasteiger partial charge in [0.25, 0.3) is 0 Å². The maximum atomic E-state index is 12.8. The third kappa shape index (κ3) is 4.11. The van der Waals surface area contributed by atoms with Crippen molar-refractivity contribution in [2.45, 2.75) is 63.7 Å². The first-order chi connectivity index (χ1) is 9.36. The predicted molar refractivity (Wildman–Crippen MR) is 70.2 cm³/mol. The second kappa shape index (κ2) is 6.33. The molecular formula is C14H23F3N2O. The Labute approximate surface area is 117 Å². The molecule has 0 spiro atoms. The van der Waals surface area contributed by atoms with E-state index in [4.69, 9.17) is 0 Å². The number of carbonyl (C=O) groups excluding carboxylic acids is 1. The summed E-state index contributed by atoms with van der Waals surface area (Å²) in [5, 5.41) is 3.38. The van der Waals surface area contributed by atoms with E-state index in [2.05, 4.69) is 5.32 Å². The number of likely N-dealkylation sites (tertiary alicyclic amines) is 1. The van der Waals surface area contributed by atoms with Crippen LogP contribution in [0.2, 0.25) is 0 Å². The van der Waals surface area contributed by atoms with Crippen molar-refractivity contribution >= 4 is 5.91 Å².